The molecule has 2 aromatic rings. The molecule has 0 aliphatic heterocycles. The maximum absolute atomic E-state index is 12.8. The number of hydrogen-bond donors (Lipinski definition) is 1. The molecule has 0 atom stereocenters. The number of rotatable bonds is 6. The molecule has 0 saturated carbocycles. The van der Waals surface area contributed by atoms with Crippen molar-refractivity contribution in [3.05, 3.63) is 40.9 Å². The molecule has 0 radical (unpaired) electrons. The highest BCUT2D eigenvalue weighted by Crippen LogP contribution is 2.27. The van der Waals surface area contributed by atoms with Gasteiger partial charge in [0.15, 0.2) is 0 Å². The Morgan fingerprint density at radius 1 is 1.41 bits per heavy atom. The number of halogens is 4. The van der Waals surface area contributed by atoms with Crippen LogP contribution in [0.5, 0.6) is 5.75 Å². The van der Waals surface area contributed by atoms with Gasteiger partial charge in [0.25, 0.3) is 0 Å². The number of hydrazone groups is 1. The van der Waals surface area contributed by atoms with Gasteiger partial charge in [-0.05, 0) is 24.6 Å². The lowest BCUT2D eigenvalue weighted by Gasteiger charge is -2.16. The molecule has 0 bridgehead atoms. The molecular formula is C13H11F4N3OS. The molecule has 9 heteroatoms. The number of aromatic nitrogens is 1. The Morgan fingerprint density at radius 3 is 2.82 bits per heavy atom. The molecular weight excluding hydrogens is 322 g/mol. The number of anilines is 1. The number of nitrogens with one attached hydrogen (secondary N) is 1. The van der Waals surface area contributed by atoms with E-state index in [2.05, 4.69) is 20.2 Å². The van der Waals surface area contributed by atoms with E-state index in [-0.39, 0.29) is 5.75 Å². The number of thiazole rings is 1. The highest BCUT2D eigenvalue weighted by molar-refractivity contribution is 7.13. The molecule has 0 saturated heterocycles. The number of alkyl halides is 4. The third-order valence-electron chi connectivity index (χ3n) is 2.36. The summed E-state index contributed by atoms with van der Waals surface area (Å²) in [5.41, 5.74) is 3.91. The first-order valence-corrected chi connectivity index (χ1v) is 6.91. The average molecular weight is 333 g/mol. The van der Waals surface area contributed by atoms with Crippen molar-refractivity contribution in [1.82, 2.24) is 4.98 Å². The van der Waals surface area contributed by atoms with Gasteiger partial charge in [-0.25, -0.2) is 4.98 Å². The minimum Gasteiger partial charge on any atom is -0.428 e. The molecule has 0 unspecified atom stereocenters. The fraction of sp³-hybridized carbons (Fsp3) is 0.231. The number of aryl methyl sites for hydroxylation is 1. The topological polar surface area (TPSA) is 46.5 Å². The van der Waals surface area contributed by atoms with Gasteiger partial charge in [0.05, 0.1) is 11.9 Å². The first-order valence-electron chi connectivity index (χ1n) is 6.03. The lowest BCUT2D eigenvalue weighted by molar-refractivity contribution is -0.253. The first-order chi connectivity index (χ1) is 10.4. The zero-order valence-electron chi connectivity index (χ0n) is 11.3. The summed E-state index contributed by atoms with van der Waals surface area (Å²) in [6.07, 6.45) is -7.10. The van der Waals surface area contributed by atoms with Crippen LogP contribution in [-0.4, -0.2) is 23.7 Å². The van der Waals surface area contributed by atoms with Gasteiger partial charge in [-0.3, -0.25) is 5.43 Å². The van der Waals surface area contributed by atoms with E-state index in [1.165, 1.54) is 29.7 Å². The van der Waals surface area contributed by atoms with Crippen LogP contribution in [0.4, 0.5) is 22.7 Å². The Hall–Kier alpha value is -2.16. The van der Waals surface area contributed by atoms with Crippen LogP contribution in [0.3, 0.4) is 0 Å². The van der Waals surface area contributed by atoms with Crippen molar-refractivity contribution in [3.8, 4) is 5.75 Å². The smallest absolute Gasteiger partial charge is 0.428 e. The standard InChI is InChI=1S/C13H11F4N3OS/c1-8-7-22-12(19-8)20-18-6-9-3-2-4-10(5-9)21-13(16,17)11(14)15/h2-7,11H,1H3,(H,19,20). The van der Waals surface area contributed by atoms with Crippen LogP contribution in [0.2, 0.25) is 0 Å². The third-order valence-corrected chi connectivity index (χ3v) is 3.22. The van der Waals surface area contributed by atoms with Gasteiger partial charge in [0.2, 0.25) is 5.13 Å². The van der Waals surface area contributed by atoms with Crippen LogP contribution >= 0.6 is 11.3 Å². The predicted octanol–water partition coefficient (Wildman–Crippen LogP) is 4.13. The lowest BCUT2D eigenvalue weighted by Crippen LogP contribution is -2.33. The van der Waals surface area contributed by atoms with Crippen LogP contribution in [0.25, 0.3) is 0 Å². The van der Waals surface area contributed by atoms with Gasteiger partial charge in [-0.2, -0.15) is 22.7 Å². The van der Waals surface area contributed by atoms with E-state index >= 15 is 0 Å². The summed E-state index contributed by atoms with van der Waals surface area (Å²) in [4.78, 5) is 4.11. The van der Waals surface area contributed by atoms with E-state index in [1.807, 2.05) is 12.3 Å². The quantitative estimate of drug-likeness (QED) is 0.491. The lowest BCUT2D eigenvalue weighted by atomic mass is 10.2. The summed E-state index contributed by atoms with van der Waals surface area (Å²) in [5.74, 6) is -0.376. The highest BCUT2D eigenvalue weighted by Gasteiger charge is 2.43. The number of benzene rings is 1. The maximum atomic E-state index is 12.8. The molecule has 1 N–H and O–H groups in total. The molecule has 1 aromatic carbocycles. The van der Waals surface area contributed by atoms with Gasteiger partial charge >= 0.3 is 12.5 Å². The number of nitrogens with zero attached hydrogens (tertiary/aromatic N) is 2. The monoisotopic (exact) mass is 333 g/mol. The summed E-state index contributed by atoms with van der Waals surface area (Å²) < 4.78 is 53.8. The normalized spacial score (nSPS) is 12.1. The summed E-state index contributed by atoms with van der Waals surface area (Å²) in [6, 6.07) is 5.29. The van der Waals surface area contributed by atoms with Crippen molar-refractivity contribution in [2.75, 3.05) is 5.43 Å². The molecule has 2 rings (SSSR count). The number of hydrogen-bond acceptors (Lipinski definition) is 5. The van der Waals surface area contributed by atoms with Gasteiger partial charge in [-0.15, -0.1) is 11.3 Å². The molecule has 118 valence electrons. The van der Waals surface area contributed by atoms with Crippen molar-refractivity contribution in [2.45, 2.75) is 19.5 Å². The van der Waals surface area contributed by atoms with Gasteiger partial charge < -0.3 is 4.74 Å². The van der Waals surface area contributed by atoms with Gasteiger partial charge in [-0.1, -0.05) is 12.1 Å². The largest absolute Gasteiger partial charge is 0.461 e. The summed E-state index contributed by atoms with van der Waals surface area (Å²) in [7, 11) is 0. The molecule has 0 spiro atoms. The fourth-order valence-electron chi connectivity index (χ4n) is 1.43. The molecule has 0 aliphatic rings. The van der Waals surface area contributed by atoms with Crippen molar-refractivity contribution < 1.29 is 22.3 Å². The van der Waals surface area contributed by atoms with Crippen molar-refractivity contribution in [2.24, 2.45) is 5.10 Å². The Morgan fingerprint density at radius 2 is 2.18 bits per heavy atom. The summed E-state index contributed by atoms with van der Waals surface area (Å²) in [6.45, 7) is 1.83. The average Bonchev–Trinajstić information content (AvgIpc) is 2.84. The van der Waals surface area contributed by atoms with Crippen molar-refractivity contribution in [3.63, 3.8) is 0 Å². The minimum atomic E-state index is -4.54. The summed E-state index contributed by atoms with van der Waals surface area (Å²) in [5, 5.41) is 6.29. The molecule has 1 aromatic heterocycles. The Bertz CT molecular complexity index is 660. The molecule has 1 heterocycles. The predicted molar refractivity (Wildman–Crippen MR) is 76.1 cm³/mol. The SMILES string of the molecule is Cc1csc(NN=Cc2cccc(OC(F)(F)C(F)F)c2)n1. The maximum Gasteiger partial charge on any atom is 0.461 e. The van der Waals surface area contributed by atoms with Crippen LogP contribution in [0.15, 0.2) is 34.7 Å². The van der Waals surface area contributed by atoms with Gasteiger partial charge in [0.1, 0.15) is 5.75 Å². The Labute approximate surface area is 127 Å². The van der Waals surface area contributed by atoms with Crippen LogP contribution in [0.1, 0.15) is 11.3 Å². The van der Waals surface area contributed by atoms with E-state index in [1.54, 1.807) is 6.07 Å². The van der Waals surface area contributed by atoms with Crippen LogP contribution in [0, 0.1) is 6.92 Å². The highest BCUT2D eigenvalue weighted by atomic mass is 32.1. The van der Waals surface area contributed by atoms with E-state index in [0.717, 1.165) is 11.8 Å². The molecule has 22 heavy (non-hydrogen) atoms. The molecule has 0 aliphatic carbocycles. The van der Waals surface area contributed by atoms with Crippen molar-refractivity contribution >= 4 is 22.7 Å². The van der Waals surface area contributed by atoms with E-state index in [9.17, 15) is 17.6 Å². The molecule has 0 amide bonds. The Kier molecular flexibility index (Phi) is 4.96. The zero-order chi connectivity index (χ0) is 16.2. The second-order valence-electron chi connectivity index (χ2n) is 4.20. The van der Waals surface area contributed by atoms with Crippen LogP contribution in [-0.2, 0) is 0 Å². The third kappa shape index (κ3) is 4.42. The van der Waals surface area contributed by atoms with E-state index in [4.69, 9.17) is 0 Å². The Balaban J connectivity index is 2.02. The second kappa shape index (κ2) is 6.73. The van der Waals surface area contributed by atoms with E-state index < -0.39 is 12.5 Å². The minimum absolute atomic E-state index is 0.376. The zero-order valence-corrected chi connectivity index (χ0v) is 12.1. The van der Waals surface area contributed by atoms with E-state index in [0.29, 0.717) is 10.7 Å². The fourth-order valence-corrected chi connectivity index (χ4v) is 2.06. The van der Waals surface area contributed by atoms with Gasteiger partial charge in [0, 0.05) is 5.38 Å². The van der Waals surface area contributed by atoms with Crippen molar-refractivity contribution in [1.29, 1.82) is 0 Å². The number of ether oxygens (including phenoxy) is 1. The second-order valence-corrected chi connectivity index (χ2v) is 5.06. The first kappa shape index (κ1) is 16.2. The van der Waals surface area contributed by atoms with Crippen LogP contribution < -0.4 is 10.2 Å². The molecule has 0 fully saturated rings. The summed E-state index contributed by atoms with van der Waals surface area (Å²) >= 11 is 1.36. The molecule has 4 nitrogen and oxygen atoms in total.